The number of nitrogens with zero attached hydrogens (tertiary/aromatic N) is 1. The average Bonchev–Trinajstić information content (AvgIpc) is 2.30. The molecule has 1 aliphatic heterocycles. The summed E-state index contributed by atoms with van der Waals surface area (Å²) in [5.41, 5.74) is 0.0543. The minimum atomic E-state index is -0.790. The van der Waals surface area contributed by atoms with Gasteiger partial charge in [0, 0.05) is 43.9 Å². The van der Waals surface area contributed by atoms with Gasteiger partial charge in [0.15, 0.2) is 0 Å². The van der Waals surface area contributed by atoms with E-state index in [0.29, 0.717) is 31.9 Å². The van der Waals surface area contributed by atoms with Gasteiger partial charge < -0.3 is 14.6 Å². The molecule has 1 aromatic rings. The Kier molecular flexibility index (Phi) is 3.64. The van der Waals surface area contributed by atoms with Crippen LogP contribution in [-0.2, 0) is 10.3 Å². The zero-order chi connectivity index (χ0) is 12.3. The van der Waals surface area contributed by atoms with Gasteiger partial charge in [-0.2, -0.15) is 0 Å². The average molecular weight is 237 g/mol. The Balaban J connectivity index is 2.11. The molecule has 1 aliphatic rings. The molecule has 1 N–H and O–H groups in total. The molecule has 0 saturated carbocycles. The van der Waals surface area contributed by atoms with Crippen molar-refractivity contribution in [1.29, 1.82) is 0 Å². The van der Waals surface area contributed by atoms with Gasteiger partial charge in [-0.3, -0.25) is 0 Å². The van der Waals surface area contributed by atoms with Crippen molar-refractivity contribution in [3.63, 3.8) is 0 Å². The number of aliphatic hydroxyl groups is 1. The molecule has 4 nitrogen and oxygen atoms in total. The lowest BCUT2D eigenvalue weighted by Gasteiger charge is -2.32. The molecule has 0 bridgehead atoms. The summed E-state index contributed by atoms with van der Waals surface area (Å²) in [6.07, 6.45) is 3.06. The first-order chi connectivity index (χ1) is 8.10. The molecule has 94 valence electrons. The van der Waals surface area contributed by atoms with Crippen molar-refractivity contribution in [2.24, 2.45) is 0 Å². The van der Waals surface area contributed by atoms with Gasteiger partial charge in [0.05, 0.1) is 11.7 Å². The minimum Gasteiger partial charge on any atom is -0.475 e. The Morgan fingerprint density at radius 1 is 1.35 bits per heavy atom. The Hall–Kier alpha value is -1.13. The van der Waals surface area contributed by atoms with Crippen LogP contribution in [0, 0.1) is 0 Å². The van der Waals surface area contributed by atoms with Gasteiger partial charge in [0.25, 0.3) is 0 Å². The van der Waals surface area contributed by atoms with Crippen molar-refractivity contribution in [1.82, 2.24) is 4.98 Å². The maximum absolute atomic E-state index is 10.5. The normalized spacial score (nSPS) is 19.3. The maximum atomic E-state index is 10.5. The van der Waals surface area contributed by atoms with Crippen LogP contribution in [0.1, 0.15) is 32.3 Å². The molecule has 1 saturated heterocycles. The first kappa shape index (κ1) is 12.3. The van der Waals surface area contributed by atoms with E-state index < -0.39 is 5.60 Å². The number of aromatic nitrogens is 1. The van der Waals surface area contributed by atoms with Gasteiger partial charge in [-0.05, 0) is 19.9 Å². The summed E-state index contributed by atoms with van der Waals surface area (Å²) in [4.78, 5) is 4.22. The van der Waals surface area contributed by atoms with Crippen molar-refractivity contribution in [3.8, 4) is 5.88 Å². The predicted molar refractivity (Wildman–Crippen MR) is 64.0 cm³/mol. The highest BCUT2D eigenvalue weighted by Crippen LogP contribution is 2.31. The highest BCUT2D eigenvalue weighted by atomic mass is 16.5. The molecular weight excluding hydrogens is 218 g/mol. The van der Waals surface area contributed by atoms with Crippen LogP contribution in [0.25, 0.3) is 0 Å². The maximum Gasteiger partial charge on any atom is 0.213 e. The number of pyridine rings is 1. The third kappa shape index (κ3) is 2.96. The summed E-state index contributed by atoms with van der Waals surface area (Å²) in [5.74, 6) is 0.597. The third-order valence-corrected chi connectivity index (χ3v) is 2.95. The van der Waals surface area contributed by atoms with Crippen LogP contribution >= 0.6 is 0 Å². The molecule has 0 aliphatic carbocycles. The summed E-state index contributed by atoms with van der Waals surface area (Å²) in [7, 11) is 0. The molecule has 1 aromatic heterocycles. The fraction of sp³-hybridized carbons (Fsp3) is 0.615. The van der Waals surface area contributed by atoms with Gasteiger partial charge in [0.1, 0.15) is 0 Å². The van der Waals surface area contributed by atoms with Gasteiger partial charge in [0.2, 0.25) is 5.88 Å². The van der Waals surface area contributed by atoms with Crippen LogP contribution in [0.2, 0.25) is 0 Å². The van der Waals surface area contributed by atoms with Gasteiger partial charge in [-0.25, -0.2) is 4.98 Å². The SMILES string of the molecule is CC(C)Oc1ccc(C2(O)CCOCC2)cn1. The standard InChI is InChI=1S/C13H19NO3/c1-10(2)17-12-4-3-11(9-14-12)13(15)5-7-16-8-6-13/h3-4,9-10,15H,5-8H2,1-2H3. The van der Waals surface area contributed by atoms with E-state index in [-0.39, 0.29) is 6.10 Å². The monoisotopic (exact) mass is 237 g/mol. The lowest BCUT2D eigenvalue weighted by atomic mass is 9.88. The van der Waals surface area contributed by atoms with Gasteiger partial charge in [-0.1, -0.05) is 0 Å². The molecule has 1 fully saturated rings. The number of rotatable bonds is 3. The number of hydrogen-bond acceptors (Lipinski definition) is 4. The number of hydrogen-bond donors (Lipinski definition) is 1. The van der Waals surface area contributed by atoms with Gasteiger partial charge in [-0.15, -0.1) is 0 Å². The smallest absolute Gasteiger partial charge is 0.213 e. The van der Waals surface area contributed by atoms with E-state index >= 15 is 0 Å². The lowest BCUT2D eigenvalue weighted by molar-refractivity contribution is -0.0681. The van der Waals surface area contributed by atoms with Crippen LogP contribution < -0.4 is 4.74 Å². The van der Waals surface area contributed by atoms with Crippen LogP contribution in [0.5, 0.6) is 5.88 Å². The van der Waals surface area contributed by atoms with E-state index in [1.165, 1.54) is 0 Å². The highest BCUT2D eigenvalue weighted by Gasteiger charge is 2.31. The summed E-state index contributed by atoms with van der Waals surface area (Å²) in [6.45, 7) is 5.12. The van der Waals surface area contributed by atoms with Crippen LogP contribution in [0.4, 0.5) is 0 Å². The van der Waals surface area contributed by atoms with Crippen molar-refractivity contribution in [3.05, 3.63) is 23.9 Å². The second-order valence-electron chi connectivity index (χ2n) is 4.70. The lowest BCUT2D eigenvalue weighted by Crippen LogP contribution is -2.33. The predicted octanol–water partition coefficient (Wildman–Crippen LogP) is 1.87. The Labute approximate surface area is 102 Å². The molecular formula is C13H19NO3. The van der Waals surface area contributed by atoms with Crippen molar-refractivity contribution in [2.45, 2.75) is 38.4 Å². The highest BCUT2D eigenvalue weighted by molar-refractivity contribution is 5.24. The molecule has 2 heterocycles. The Morgan fingerprint density at radius 2 is 2.06 bits per heavy atom. The number of ether oxygens (including phenoxy) is 2. The first-order valence-corrected chi connectivity index (χ1v) is 6.03. The summed E-state index contributed by atoms with van der Waals surface area (Å²) in [5, 5.41) is 10.5. The topological polar surface area (TPSA) is 51.6 Å². The van der Waals surface area contributed by atoms with E-state index in [9.17, 15) is 5.11 Å². The molecule has 2 rings (SSSR count). The summed E-state index contributed by atoms with van der Waals surface area (Å²) in [6, 6.07) is 3.69. The summed E-state index contributed by atoms with van der Waals surface area (Å²) < 4.78 is 10.7. The zero-order valence-corrected chi connectivity index (χ0v) is 10.3. The third-order valence-electron chi connectivity index (χ3n) is 2.95. The largest absolute Gasteiger partial charge is 0.475 e. The Morgan fingerprint density at radius 3 is 2.59 bits per heavy atom. The Bertz CT molecular complexity index is 355. The second-order valence-corrected chi connectivity index (χ2v) is 4.70. The van der Waals surface area contributed by atoms with Crippen LogP contribution in [-0.4, -0.2) is 29.4 Å². The van der Waals surface area contributed by atoms with E-state index in [2.05, 4.69) is 4.98 Å². The molecule has 17 heavy (non-hydrogen) atoms. The van der Waals surface area contributed by atoms with E-state index in [4.69, 9.17) is 9.47 Å². The fourth-order valence-corrected chi connectivity index (χ4v) is 1.96. The molecule has 0 radical (unpaired) electrons. The van der Waals surface area contributed by atoms with Crippen molar-refractivity contribution < 1.29 is 14.6 Å². The van der Waals surface area contributed by atoms with Crippen LogP contribution in [0.3, 0.4) is 0 Å². The van der Waals surface area contributed by atoms with Crippen LogP contribution in [0.15, 0.2) is 18.3 Å². The zero-order valence-electron chi connectivity index (χ0n) is 10.3. The van der Waals surface area contributed by atoms with E-state index in [0.717, 1.165) is 5.56 Å². The van der Waals surface area contributed by atoms with Crippen molar-refractivity contribution in [2.75, 3.05) is 13.2 Å². The minimum absolute atomic E-state index is 0.111. The van der Waals surface area contributed by atoms with Gasteiger partial charge >= 0.3 is 0 Å². The second kappa shape index (κ2) is 5.02. The quantitative estimate of drug-likeness (QED) is 0.872. The molecule has 0 atom stereocenters. The molecule has 4 heteroatoms. The molecule has 0 spiro atoms. The van der Waals surface area contributed by atoms with E-state index in [1.807, 2.05) is 26.0 Å². The molecule has 0 unspecified atom stereocenters. The summed E-state index contributed by atoms with van der Waals surface area (Å²) >= 11 is 0. The van der Waals surface area contributed by atoms with E-state index in [1.54, 1.807) is 6.20 Å². The molecule has 0 aromatic carbocycles. The molecule has 0 amide bonds. The first-order valence-electron chi connectivity index (χ1n) is 6.03. The fourth-order valence-electron chi connectivity index (χ4n) is 1.96. The van der Waals surface area contributed by atoms with Crippen molar-refractivity contribution >= 4 is 0 Å².